The molecule has 5 nitrogen and oxygen atoms in total. The summed E-state index contributed by atoms with van der Waals surface area (Å²) in [6.07, 6.45) is 0.568. The summed E-state index contributed by atoms with van der Waals surface area (Å²) < 4.78 is 18.3. The number of amides is 2. The van der Waals surface area contributed by atoms with Crippen molar-refractivity contribution in [1.82, 2.24) is 10.6 Å². The van der Waals surface area contributed by atoms with Gasteiger partial charge in [0.25, 0.3) is 0 Å². The molecule has 0 bridgehead atoms. The highest BCUT2D eigenvalue weighted by Gasteiger charge is 2.31. The summed E-state index contributed by atoms with van der Waals surface area (Å²) in [6, 6.07) is 3.62. The maximum absolute atomic E-state index is 13.2. The number of esters is 1. The van der Waals surface area contributed by atoms with Gasteiger partial charge in [0.1, 0.15) is 5.82 Å². The van der Waals surface area contributed by atoms with E-state index in [0.29, 0.717) is 23.4 Å². The van der Waals surface area contributed by atoms with Gasteiger partial charge in [0.15, 0.2) is 0 Å². The topological polar surface area (TPSA) is 67.4 Å². The fraction of sp³-hybridized carbons (Fsp3) is 0.375. The Morgan fingerprint density at radius 3 is 2.79 bits per heavy atom. The van der Waals surface area contributed by atoms with E-state index >= 15 is 0 Å². The van der Waals surface area contributed by atoms with E-state index in [1.807, 2.05) is 6.92 Å². The first-order valence-electron chi connectivity index (χ1n) is 7.51. The SMILES string of the molecule is CCOC(=O)C1=C(CSc2ccc(F)c(Cl)c2)NC(=O)N[C@@H]1CC. The zero-order valence-electron chi connectivity index (χ0n) is 13.3. The average Bonchev–Trinajstić information content (AvgIpc) is 2.55. The van der Waals surface area contributed by atoms with Gasteiger partial charge in [-0.1, -0.05) is 18.5 Å². The Bertz CT molecular complexity index is 681. The molecule has 1 aliphatic rings. The second-order valence-corrected chi connectivity index (χ2v) is 6.49. The Kier molecular flexibility index (Phi) is 6.51. The molecular formula is C16H18ClFN2O3S. The average molecular weight is 373 g/mol. The van der Waals surface area contributed by atoms with Gasteiger partial charge in [-0.15, -0.1) is 11.8 Å². The first-order chi connectivity index (χ1) is 11.5. The van der Waals surface area contributed by atoms with Gasteiger partial charge in [-0.2, -0.15) is 0 Å². The number of halogens is 2. The molecule has 1 aliphatic heterocycles. The predicted molar refractivity (Wildman–Crippen MR) is 91.5 cm³/mol. The lowest BCUT2D eigenvalue weighted by atomic mass is 10.0. The summed E-state index contributed by atoms with van der Waals surface area (Å²) in [5.41, 5.74) is 0.911. The summed E-state index contributed by atoms with van der Waals surface area (Å²) in [4.78, 5) is 24.8. The summed E-state index contributed by atoms with van der Waals surface area (Å²) in [6.45, 7) is 3.85. The van der Waals surface area contributed by atoms with Crippen LogP contribution < -0.4 is 10.6 Å². The lowest BCUT2D eigenvalue weighted by molar-refractivity contribution is -0.139. The molecule has 0 spiro atoms. The lowest BCUT2D eigenvalue weighted by Crippen LogP contribution is -2.50. The van der Waals surface area contributed by atoms with Crippen LogP contribution in [-0.2, 0) is 9.53 Å². The summed E-state index contributed by atoms with van der Waals surface area (Å²) >= 11 is 7.11. The van der Waals surface area contributed by atoms with E-state index in [1.165, 1.54) is 23.9 Å². The van der Waals surface area contributed by atoms with Crippen molar-refractivity contribution in [3.8, 4) is 0 Å². The largest absolute Gasteiger partial charge is 0.463 e. The molecule has 1 heterocycles. The molecule has 1 aromatic rings. The Labute approximate surface area is 149 Å². The Hall–Kier alpha value is -1.73. The molecule has 2 amide bonds. The van der Waals surface area contributed by atoms with Crippen molar-refractivity contribution in [2.75, 3.05) is 12.4 Å². The number of ether oxygens (including phenoxy) is 1. The van der Waals surface area contributed by atoms with Crippen LogP contribution in [0.15, 0.2) is 34.4 Å². The molecule has 0 fully saturated rings. The van der Waals surface area contributed by atoms with E-state index in [-0.39, 0.29) is 17.7 Å². The fourth-order valence-electron chi connectivity index (χ4n) is 2.30. The Balaban J connectivity index is 2.24. The molecule has 1 atom stereocenters. The van der Waals surface area contributed by atoms with Crippen molar-refractivity contribution in [3.05, 3.63) is 40.3 Å². The molecular weight excluding hydrogens is 355 g/mol. The van der Waals surface area contributed by atoms with Crippen molar-refractivity contribution >= 4 is 35.4 Å². The van der Waals surface area contributed by atoms with E-state index in [2.05, 4.69) is 10.6 Å². The number of carbonyl (C=O) groups excluding carboxylic acids is 2. The highest BCUT2D eigenvalue weighted by Crippen LogP contribution is 2.27. The normalized spacial score (nSPS) is 17.3. The number of carbonyl (C=O) groups is 2. The van der Waals surface area contributed by atoms with Crippen molar-refractivity contribution in [2.24, 2.45) is 0 Å². The molecule has 0 radical (unpaired) electrons. The second kappa shape index (κ2) is 8.39. The first kappa shape index (κ1) is 18.6. The molecule has 0 aliphatic carbocycles. The van der Waals surface area contributed by atoms with Gasteiger partial charge in [-0.3, -0.25) is 0 Å². The molecule has 0 saturated heterocycles. The number of rotatable bonds is 6. The maximum Gasteiger partial charge on any atom is 0.337 e. The van der Waals surface area contributed by atoms with Gasteiger partial charge in [-0.25, -0.2) is 14.0 Å². The second-order valence-electron chi connectivity index (χ2n) is 5.04. The highest BCUT2D eigenvalue weighted by atomic mass is 35.5. The lowest BCUT2D eigenvalue weighted by Gasteiger charge is -2.28. The summed E-state index contributed by atoms with van der Waals surface area (Å²) in [5.74, 6) is -0.613. The van der Waals surface area contributed by atoms with Crippen LogP contribution >= 0.6 is 23.4 Å². The van der Waals surface area contributed by atoms with Gasteiger partial charge in [-0.05, 0) is 31.5 Å². The zero-order valence-corrected chi connectivity index (χ0v) is 14.9. The molecule has 2 N–H and O–H groups in total. The van der Waals surface area contributed by atoms with Crippen LogP contribution in [0.5, 0.6) is 0 Å². The van der Waals surface area contributed by atoms with Crippen LogP contribution in [0.3, 0.4) is 0 Å². The third kappa shape index (κ3) is 4.42. The van der Waals surface area contributed by atoms with Crippen molar-refractivity contribution in [2.45, 2.75) is 31.2 Å². The molecule has 8 heteroatoms. The number of thioether (sulfide) groups is 1. The molecule has 24 heavy (non-hydrogen) atoms. The third-order valence-electron chi connectivity index (χ3n) is 3.42. The monoisotopic (exact) mass is 372 g/mol. The number of nitrogens with one attached hydrogen (secondary N) is 2. The zero-order chi connectivity index (χ0) is 17.7. The van der Waals surface area contributed by atoms with E-state index in [4.69, 9.17) is 16.3 Å². The van der Waals surface area contributed by atoms with Gasteiger partial charge in [0.2, 0.25) is 0 Å². The number of urea groups is 1. The van der Waals surface area contributed by atoms with Gasteiger partial charge in [0.05, 0.1) is 23.2 Å². The minimum absolute atomic E-state index is 0.0281. The van der Waals surface area contributed by atoms with E-state index < -0.39 is 17.8 Å². The van der Waals surface area contributed by atoms with Gasteiger partial charge in [0, 0.05) is 16.3 Å². The highest BCUT2D eigenvalue weighted by molar-refractivity contribution is 7.99. The van der Waals surface area contributed by atoms with E-state index in [9.17, 15) is 14.0 Å². The molecule has 0 unspecified atom stereocenters. The first-order valence-corrected chi connectivity index (χ1v) is 8.88. The quantitative estimate of drug-likeness (QED) is 0.592. The molecule has 1 aromatic carbocycles. The summed E-state index contributed by atoms with van der Waals surface area (Å²) in [7, 11) is 0. The van der Waals surface area contributed by atoms with Gasteiger partial charge >= 0.3 is 12.0 Å². The Morgan fingerprint density at radius 2 is 2.17 bits per heavy atom. The van der Waals surface area contributed by atoms with E-state index in [1.54, 1.807) is 13.0 Å². The molecule has 0 saturated carbocycles. The number of hydrogen-bond acceptors (Lipinski definition) is 4. The van der Waals surface area contributed by atoms with Gasteiger partial charge < -0.3 is 15.4 Å². The third-order valence-corrected chi connectivity index (χ3v) is 4.73. The van der Waals surface area contributed by atoms with E-state index in [0.717, 1.165) is 4.90 Å². The van der Waals surface area contributed by atoms with Crippen LogP contribution in [0.4, 0.5) is 9.18 Å². The fourth-order valence-corrected chi connectivity index (χ4v) is 3.45. The standard InChI is InChI=1S/C16H18ClFN2O3S/c1-3-12-14(15(21)23-4-2)13(20-16(22)19-12)8-24-9-5-6-11(18)10(17)7-9/h5-7,12H,3-4,8H2,1-2H3,(H2,19,20,22)/t12-/m1/s1. The van der Waals surface area contributed by atoms with Crippen molar-refractivity contribution < 1.29 is 18.7 Å². The van der Waals surface area contributed by atoms with Crippen LogP contribution in [-0.4, -0.2) is 30.4 Å². The van der Waals surface area contributed by atoms with Crippen molar-refractivity contribution in [1.29, 1.82) is 0 Å². The maximum atomic E-state index is 13.2. The van der Waals surface area contributed by atoms with Crippen LogP contribution in [0, 0.1) is 5.82 Å². The Morgan fingerprint density at radius 1 is 1.42 bits per heavy atom. The summed E-state index contributed by atoms with van der Waals surface area (Å²) in [5, 5.41) is 5.41. The smallest absolute Gasteiger partial charge is 0.337 e. The van der Waals surface area contributed by atoms with Crippen LogP contribution in [0.1, 0.15) is 20.3 Å². The minimum atomic E-state index is -0.492. The van der Waals surface area contributed by atoms with Crippen molar-refractivity contribution in [3.63, 3.8) is 0 Å². The predicted octanol–water partition coefficient (Wildman–Crippen LogP) is 3.48. The number of hydrogen-bond donors (Lipinski definition) is 2. The number of benzene rings is 1. The molecule has 0 aromatic heterocycles. The minimum Gasteiger partial charge on any atom is -0.463 e. The molecule has 130 valence electrons. The molecule has 2 rings (SSSR count). The van der Waals surface area contributed by atoms with Crippen LogP contribution in [0.25, 0.3) is 0 Å². The van der Waals surface area contributed by atoms with Crippen LogP contribution in [0.2, 0.25) is 5.02 Å².